The van der Waals surface area contributed by atoms with E-state index in [1.54, 1.807) is 0 Å². The zero-order valence-corrected chi connectivity index (χ0v) is 16.2. The van der Waals surface area contributed by atoms with E-state index in [9.17, 15) is 0 Å². The minimum atomic E-state index is 0.226. The van der Waals surface area contributed by atoms with E-state index in [2.05, 4.69) is 24.0 Å². The van der Waals surface area contributed by atoms with Crippen molar-refractivity contribution in [2.75, 3.05) is 26.8 Å². The van der Waals surface area contributed by atoms with Gasteiger partial charge in [0, 0.05) is 25.6 Å². The lowest BCUT2D eigenvalue weighted by atomic mass is 10.2. The molecule has 140 valence electrons. The Kier molecular flexibility index (Phi) is 16.5. The third-order valence-corrected chi connectivity index (χ3v) is 3.59. The van der Waals surface area contributed by atoms with Gasteiger partial charge in [-0.05, 0) is 24.6 Å². The first-order valence-electron chi connectivity index (χ1n) is 8.71. The lowest BCUT2D eigenvalue weighted by Gasteiger charge is -2.14. The molecule has 0 unspecified atom stereocenters. The maximum Gasteiger partial charge on any atom is 0.0558 e. The second kappa shape index (κ2) is 17.4. The number of hydrogen-bond donors (Lipinski definition) is 2. The van der Waals surface area contributed by atoms with E-state index < -0.39 is 0 Å². The van der Waals surface area contributed by atoms with E-state index in [1.807, 2.05) is 55.6 Å². The fourth-order valence-corrected chi connectivity index (χ4v) is 2.05. The fraction of sp³-hybridized carbons (Fsp3) is 0.429. The van der Waals surface area contributed by atoms with Crippen molar-refractivity contribution in [2.24, 2.45) is 0 Å². The van der Waals surface area contributed by atoms with E-state index in [-0.39, 0.29) is 6.61 Å². The zero-order valence-electron chi connectivity index (χ0n) is 15.4. The summed E-state index contributed by atoms with van der Waals surface area (Å²) in [6.07, 6.45) is 2.04. The lowest BCUT2D eigenvalue weighted by Crippen LogP contribution is -2.21. The topological polar surface area (TPSA) is 43.7 Å². The van der Waals surface area contributed by atoms with Gasteiger partial charge >= 0.3 is 0 Å². The molecule has 0 spiro atoms. The molecule has 0 saturated carbocycles. The molecule has 2 aromatic rings. The average Bonchev–Trinajstić information content (AvgIpc) is 2.65. The predicted octanol–water partition coefficient (Wildman–Crippen LogP) is 4.31. The first-order valence-corrected chi connectivity index (χ1v) is 9.25. The van der Waals surface area contributed by atoms with Gasteiger partial charge in [-0.2, -0.15) is 0 Å². The van der Waals surface area contributed by atoms with Crippen LogP contribution < -0.4 is 0 Å². The number of aliphatic hydroxyl groups excluding tert-OH is 2. The molecule has 0 saturated heterocycles. The van der Waals surface area contributed by atoms with Gasteiger partial charge in [0.15, 0.2) is 0 Å². The molecule has 2 rings (SSSR count). The van der Waals surface area contributed by atoms with Crippen LogP contribution >= 0.6 is 11.6 Å². The number of likely N-dealkylation sites (N-methyl/N-ethyl adjacent to an activating group) is 1. The molecule has 0 amide bonds. The summed E-state index contributed by atoms with van der Waals surface area (Å²) in [4.78, 5) is 2.09. The molecule has 0 aliphatic rings. The first kappa shape index (κ1) is 23.6. The third-order valence-electron chi connectivity index (χ3n) is 3.29. The largest absolute Gasteiger partial charge is 0.396 e. The second-order valence-corrected chi connectivity index (χ2v) is 5.91. The highest BCUT2D eigenvalue weighted by molar-refractivity contribution is 6.17. The molecule has 25 heavy (non-hydrogen) atoms. The van der Waals surface area contributed by atoms with Crippen molar-refractivity contribution >= 4 is 11.6 Å². The Morgan fingerprint density at radius 3 is 1.68 bits per heavy atom. The molecule has 0 bridgehead atoms. The van der Waals surface area contributed by atoms with Gasteiger partial charge in [0.25, 0.3) is 0 Å². The fourth-order valence-electron chi connectivity index (χ4n) is 1.87. The zero-order chi connectivity index (χ0) is 18.8. The molecule has 0 aliphatic carbocycles. The maximum atomic E-state index is 8.67. The van der Waals surface area contributed by atoms with E-state index in [1.165, 1.54) is 11.1 Å². The highest BCUT2D eigenvalue weighted by Crippen LogP contribution is 2.01. The van der Waals surface area contributed by atoms with Crippen molar-refractivity contribution in [1.29, 1.82) is 0 Å². The number of nitrogens with zero attached hydrogens (tertiary/aromatic N) is 1. The van der Waals surface area contributed by atoms with Crippen LogP contribution in [-0.4, -0.2) is 41.9 Å². The van der Waals surface area contributed by atoms with E-state index in [0.717, 1.165) is 25.9 Å². The lowest BCUT2D eigenvalue weighted by molar-refractivity contribution is 0.217. The number of rotatable bonds is 7. The van der Waals surface area contributed by atoms with E-state index >= 15 is 0 Å². The average molecular weight is 366 g/mol. The van der Waals surface area contributed by atoms with Gasteiger partial charge in [0.05, 0.1) is 6.61 Å². The summed E-state index contributed by atoms with van der Waals surface area (Å²) in [6.45, 7) is 4.26. The van der Waals surface area contributed by atoms with Crippen LogP contribution in [0.3, 0.4) is 0 Å². The smallest absolute Gasteiger partial charge is 0.0558 e. The summed E-state index contributed by atoms with van der Waals surface area (Å²) < 4.78 is 0. The van der Waals surface area contributed by atoms with Crippen molar-refractivity contribution in [3.8, 4) is 0 Å². The van der Waals surface area contributed by atoms with Crippen LogP contribution in [0.15, 0.2) is 60.7 Å². The van der Waals surface area contributed by atoms with Crippen LogP contribution in [-0.2, 0) is 12.4 Å². The molecule has 0 atom stereocenters. The van der Waals surface area contributed by atoms with Crippen LogP contribution in [0.5, 0.6) is 0 Å². The summed E-state index contributed by atoms with van der Waals surface area (Å²) in [5, 5.41) is 16.7. The van der Waals surface area contributed by atoms with Crippen molar-refractivity contribution < 1.29 is 10.2 Å². The SMILES string of the molecule is CCCCO.CN(CCO)Cc1ccccc1.ClCc1ccccc1. The normalized spacial score (nSPS) is 9.68. The second-order valence-electron chi connectivity index (χ2n) is 5.64. The number of benzene rings is 2. The van der Waals surface area contributed by atoms with Gasteiger partial charge in [-0.25, -0.2) is 0 Å². The Balaban J connectivity index is 0.000000382. The van der Waals surface area contributed by atoms with Crippen molar-refractivity contribution in [3.63, 3.8) is 0 Å². The van der Waals surface area contributed by atoms with E-state index in [0.29, 0.717) is 12.5 Å². The third kappa shape index (κ3) is 14.6. The van der Waals surface area contributed by atoms with Crippen LogP contribution in [0.2, 0.25) is 0 Å². The maximum absolute atomic E-state index is 8.67. The summed E-state index contributed by atoms with van der Waals surface area (Å²) in [5.74, 6) is 0.612. The first-order chi connectivity index (χ1) is 12.2. The summed E-state index contributed by atoms with van der Waals surface area (Å²) in [5.41, 5.74) is 2.46. The molecular formula is C21H32ClNO2. The Morgan fingerprint density at radius 1 is 0.840 bits per heavy atom. The molecule has 0 heterocycles. The molecule has 2 aromatic carbocycles. The molecule has 0 aliphatic heterocycles. The molecular weight excluding hydrogens is 334 g/mol. The molecule has 4 heteroatoms. The summed E-state index contributed by atoms with van der Waals surface area (Å²) >= 11 is 5.53. The molecule has 2 N–H and O–H groups in total. The van der Waals surface area contributed by atoms with Gasteiger partial charge in [-0.3, -0.25) is 4.90 Å². The Bertz CT molecular complexity index is 492. The minimum Gasteiger partial charge on any atom is -0.396 e. The number of alkyl halides is 1. The molecule has 0 radical (unpaired) electrons. The van der Waals surface area contributed by atoms with Crippen LogP contribution in [0.4, 0.5) is 0 Å². The van der Waals surface area contributed by atoms with Crippen LogP contribution in [0.1, 0.15) is 30.9 Å². The Hall–Kier alpha value is -1.39. The number of aliphatic hydroxyl groups is 2. The van der Waals surface area contributed by atoms with E-state index in [4.69, 9.17) is 21.8 Å². The predicted molar refractivity (Wildman–Crippen MR) is 108 cm³/mol. The van der Waals surface area contributed by atoms with Gasteiger partial charge in [-0.15, -0.1) is 11.6 Å². The van der Waals surface area contributed by atoms with Gasteiger partial charge < -0.3 is 10.2 Å². The van der Waals surface area contributed by atoms with Crippen molar-refractivity contribution in [1.82, 2.24) is 4.90 Å². The number of unbranched alkanes of at least 4 members (excludes halogenated alkanes) is 1. The highest BCUT2D eigenvalue weighted by atomic mass is 35.5. The van der Waals surface area contributed by atoms with Crippen LogP contribution in [0, 0.1) is 0 Å². The minimum absolute atomic E-state index is 0.226. The van der Waals surface area contributed by atoms with Gasteiger partial charge in [-0.1, -0.05) is 74.0 Å². The monoisotopic (exact) mass is 365 g/mol. The Morgan fingerprint density at radius 2 is 1.36 bits per heavy atom. The Labute approximate surface area is 157 Å². The van der Waals surface area contributed by atoms with Crippen LogP contribution in [0.25, 0.3) is 0 Å². The quantitative estimate of drug-likeness (QED) is 0.718. The molecule has 0 aromatic heterocycles. The number of halogens is 1. The standard InChI is InChI=1S/C10H15NO.C7H7Cl.C4H10O/c1-11(7-8-12)9-10-5-3-2-4-6-10;8-6-7-4-2-1-3-5-7;1-2-3-4-5/h2-6,12H,7-9H2,1H3;1-5H,6H2;5H,2-4H2,1H3. The molecule has 0 fully saturated rings. The number of hydrogen-bond acceptors (Lipinski definition) is 3. The summed E-state index contributed by atoms with van der Waals surface area (Å²) in [6, 6.07) is 20.2. The molecule has 3 nitrogen and oxygen atoms in total. The van der Waals surface area contributed by atoms with Gasteiger partial charge in [0.2, 0.25) is 0 Å². The van der Waals surface area contributed by atoms with Crippen molar-refractivity contribution in [2.45, 2.75) is 32.2 Å². The van der Waals surface area contributed by atoms with Gasteiger partial charge in [0.1, 0.15) is 0 Å². The van der Waals surface area contributed by atoms with Crippen molar-refractivity contribution in [3.05, 3.63) is 71.8 Å². The summed E-state index contributed by atoms with van der Waals surface area (Å²) in [7, 11) is 2.00. The highest BCUT2D eigenvalue weighted by Gasteiger charge is 1.97.